The van der Waals surface area contributed by atoms with E-state index in [9.17, 15) is 9.18 Å². The van der Waals surface area contributed by atoms with Gasteiger partial charge in [0.15, 0.2) is 11.5 Å². The molecule has 1 heterocycles. The zero-order valence-electron chi connectivity index (χ0n) is 6.75. The zero-order chi connectivity index (χ0) is 9.84. The Bertz CT molecular complexity index is 332. The predicted octanol–water partition coefficient (Wildman–Crippen LogP) is 1.45. The third-order valence-electron chi connectivity index (χ3n) is 1.18. The summed E-state index contributed by atoms with van der Waals surface area (Å²) in [4.78, 5) is 17.8. The van der Waals surface area contributed by atoms with Gasteiger partial charge in [0.1, 0.15) is 0 Å². The van der Waals surface area contributed by atoms with Crippen molar-refractivity contribution in [2.75, 3.05) is 6.61 Å². The third kappa shape index (κ3) is 2.35. The number of nitrogens with zero attached hydrogens (tertiary/aromatic N) is 2. The number of halogens is 2. The molecule has 1 rings (SSSR count). The lowest BCUT2D eigenvalue weighted by atomic mass is 10.4. The molecule has 1 aromatic heterocycles. The first-order valence-corrected chi connectivity index (χ1v) is 3.88. The Morgan fingerprint density at radius 2 is 2.46 bits per heavy atom. The molecular formula is C7H6ClFN2O2. The molecule has 0 bridgehead atoms. The van der Waals surface area contributed by atoms with Crippen LogP contribution in [0.15, 0.2) is 6.20 Å². The lowest BCUT2D eigenvalue weighted by molar-refractivity contribution is 0.0513. The predicted molar refractivity (Wildman–Crippen MR) is 43.0 cm³/mol. The van der Waals surface area contributed by atoms with Gasteiger partial charge < -0.3 is 4.74 Å². The second-order valence-corrected chi connectivity index (χ2v) is 2.39. The maximum absolute atomic E-state index is 12.9. The van der Waals surface area contributed by atoms with Gasteiger partial charge in [-0.25, -0.2) is 19.2 Å². The van der Waals surface area contributed by atoms with E-state index in [2.05, 4.69) is 14.7 Å². The van der Waals surface area contributed by atoms with Crippen molar-refractivity contribution in [1.29, 1.82) is 0 Å². The van der Waals surface area contributed by atoms with E-state index in [1.54, 1.807) is 6.92 Å². The summed E-state index contributed by atoms with van der Waals surface area (Å²) in [7, 11) is 0. The molecule has 0 unspecified atom stereocenters. The summed E-state index contributed by atoms with van der Waals surface area (Å²) in [5, 5.41) is -0.190. The Morgan fingerprint density at radius 1 is 1.77 bits per heavy atom. The minimum atomic E-state index is -0.845. The number of carbonyl (C=O) groups is 1. The van der Waals surface area contributed by atoms with E-state index in [1.165, 1.54) is 0 Å². The van der Waals surface area contributed by atoms with Crippen LogP contribution in [0, 0.1) is 5.82 Å². The first-order chi connectivity index (χ1) is 6.15. The van der Waals surface area contributed by atoms with Crippen LogP contribution in [-0.4, -0.2) is 22.5 Å². The molecule has 0 spiro atoms. The Morgan fingerprint density at radius 3 is 3.08 bits per heavy atom. The summed E-state index contributed by atoms with van der Waals surface area (Å²) in [6, 6.07) is 0. The van der Waals surface area contributed by atoms with Crippen molar-refractivity contribution in [3.63, 3.8) is 0 Å². The number of hydrogen-bond acceptors (Lipinski definition) is 4. The van der Waals surface area contributed by atoms with Gasteiger partial charge in [-0.15, -0.1) is 0 Å². The minimum Gasteiger partial charge on any atom is -0.461 e. The van der Waals surface area contributed by atoms with Crippen LogP contribution >= 0.6 is 11.6 Å². The van der Waals surface area contributed by atoms with E-state index in [0.29, 0.717) is 0 Å². The smallest absolute Gasteiger partial charge is 0.360 e. The number of aromatic nitrogens is 2. The molecule has 70 valence electrons. The molecule has 0 N–H and O–H groups in total. The molecule has 1 aromatic rings. The first kappa shape index (κ1) is 9.85. The fourth-order valence-corrected chi connectivity index (χ4v) is 0.822. The van der Waals surface area contributed by atoms with Crippen molar-refractivity contribution in [1.82, 2.24) is 9.97 Å². The molecule has 0 aromatic carbocycles. The molecule has 0 atom stereocenters. The van der Waals surface area contributed by atoms with E-state index in [-0.39, 0.29) is 11.9 Å². The first-order valence-electron chi connectivity index (χ1n) is 3.50. The number of carbonyl (C=O) groups excluding carboxylic acids is 1. The topological polar surface area (TPSA) is 52.1 Å². The average molecular weight is 205 g/mol. The molecule has 0 aliphatic carbocycles. The highest BCUT2D eigenvalue weighted by atomic mass is 35.5. The molecular weight excluding hydrogens is 199 g/mol. The van der Waals surface area contributed by atoms with Gasteiger partial charge in [0.2, 0.25) is 5.28 Å². The van der Waals surface area contributed by atoms with Crippen LogP contribution < -0.4 is 0 Å². The van der Waals surface area contributed by atoms with Gasteiger partial charge in [-0.3, -0.25) is 0 Å². The van der Waals surface area contributed by atoms with Crippen molar-refractivity contribution in [3.8, 4) is 0 Å². The molecule has 0 saturated heterocycles. The SMILES string of the molecule is CCOC(=O)c1nc(Cl)ncc1F. The largest absolute Gasteiger partial charge is 0.461 e. The molecule has 0 radical (unpaired) electrons. The number of esters is 1. The van der Waals surface area contributed by atoms with Gasteiger partial charge in [-0.1, -0.05) is 0 Å². The second kappa shape index (κ2) is 4.13. The molecule has 0 fully saturated rings. The lowest BCUT2D eigenvalue weighted by Crippen LogP contribution is -2.10. The lowest BCUT2D eigenvalue weighted by Gasteiger charge is -2.01. The standard InChI is InChI=1S/C7H6ClFN2O2/c1-2-13-6(12)5-4(9)3-10-7(8)11-5/h3H,2H2,1H3. The van der Waals surface area contributed by atoms with Crippen LogP contribution in [0.25, 0.3) is 0 Å². The van der Waals surface area contributed by atoms with Crippen LogP contribution in [0.5, 0.6) is 0 Å². The fraction of sp³-hybridized carbons (Fsp3) is 0.286. The summed E-state index contributed by atoms with van der Waals surface area (Å²) in [6.07, 6.45) is 0.821. The molecule has 6 heteroatoms. The molecule has 0 amide bonds. The van der Waals surface area contributed by atoms with Crippen LogP contribution in [0.4, 0.5) is 4.39 Å². The number of rotatable bonds is 2. The van der Waals surface area contributed by atoms with Crippen molar-refractivity contribution in [2.45, 2.75) is 6.92 Å². The summed E-state index contributed by atoms with van der Waals surface area (Å²) in [5.41, 5.74) is -0.443. The number of hydrogen-bond donors (Lipinski definition) is 0. The van der Waals surface area contributed by atoms with Crippen molar-refractivity contribution >= 4 is 17.6 Å². The molecule has 0 aliphatic heterocycles. The van der Waals surface area contributed by atoms with Crippen LogP contribution in [-0.2, 0) is 4.74 Å². The van der Waals surface area contributed by atoms with Gasteiger partial charge in [-0.05, 0) is 18.5 Å². The van der Waals surface area contributed by atoms with E-state index < -0.39 is 17.5 Å². The highest BCUT2D eigenvalue weighted by Gasteiger charge is 2.15. The number of ether oxygens (including phenoxy) is 1. The third-order valence-corrected chi connectivity index (χ3v) is 1.37. The molecule has 4 nitrogen and oxygen atoms in total. The Labute approximate surface area is 78.7 Å². The van der Waals surface area contributed by atoms with Gasteiger partial charge in [0, 0.05) is 0 Å². The van der Waals surface area contributed by atoms with Gasteiger partial charge in [-0.2, -0.15) is 0 Å². The second-order valence-electron chi connectivity index (χ2n) is 2.06. The maximum Gasteiger partial charge on any atom is 0.360 e. The average Bonchev–Trinajstić information content (AvgIpc) is 2.09. The summed E-state index contributed by atoms with van der Waals surface area (Å²) >= 11 is 5.36. The van der Waals surface area contributed by atoms with Crippen LogP contribution in [0.3, 0.4) is 0 Å². The zero-order valence-corrected chi connectivity index (χ0v) is 7.51. The van der Waals surface area contributed by atoms with Gasteiger partial charge in [0.05, 0.1) is 12.8 Å². The van der Waals surface area contributed by atoms with Gasteiger partial charge >= 0.3 is 5.97 Å². The van der Waals surface area contributed by atoms with Crippen molar-refractivity contribution < 1.29 is 13.9 Å². The summed E-state index contributed by atoms with van der Waals surface area (Å²) < 4.78 is 17.4. The van der Waals surface area contributed by atoms with E-state index >= 15 is 0 Å². The highest BCUT2D eigenvalue weighted by Crippen LogP contribution is 2.07. The van der Waals surface area contributed by atoms with Gasteiger partial charge in [0.25, 0.3) is 0 Å². The normalized spacial score (nSPS) is 9.77. The van der Waals surface area contributed by atoms with E-state index in [1.807, 2.05) is 0 Å². The maximum atomic E-state index is 12.9. The minimum absolute atomic E-state index is 0.153. The Balaban J connectivity index is 2.99. The monoisotopic (exact) mass is 204 g/mol. The Hall–Kier alpha value is -1.23. The van der Waals surface area contributed by atoms with Crippen molar-refractivity contribution in [2.24, 2.45) is 0 Å². The molecule has 0 saturated carbocycles. The quantitative estimate of drug-likeness (QED) is 0.541. The van der Waals surface area contributed by atoms with Crippen molar-refractivity contribution in [3.05, 3.63) is 23.0 Å². The molecule has 0 aliphatic rings. The van der Waals surface area contributed by atoms with E-state index in [4.69, 9.17) is 11.6 Å². The summed E-state index contributed by atoms with van der Waals surface area (Å²) in [6.45, 7) is 1.76. The fourth-order valence-electron chi connectivity index (χ4n) is 0.688. The Kier molecular flexibility index (Phi) is 3.13. The van der Waals surface area contributed by atoms with E-state index in [0.717, 1.165) is 6.20 Å². The summed E-state index contributed by atoms with van der Waals surface area (Å²) in [5.74, 6) is -1.69. The van der Waals surface area contributed by atoms with Crippen LogP contribution in [0.2, 0.25) is 5.28 Å². The molecule has 13 heavy (non-hydrogen) atoms. The van der Waals surface area contributed by atoms with Crippen LogP contribution in [0.1, 0.15) is 17.4 Å². The highest BCUT2D eigenvalue weighted by molar-refractivity contribution is 6.28.